The molecule has 178 valence electrons. The van der Waals surface area contributed by atoms with Crippen LogP contribution in [-0.4, -0.2) is 46.2 Å². The first kappa shape index (κ1) is 22.6. The third-order valence-electron chi connectivity index (χ3n) is 6.22. The van der Waals surface area contributed by atoms with Crippen molar-refractivity contribution >= 4 is 23.3 Å². The Morgan fingerprint density at radius 3 is 2.79 bits per heavy atom. The van der Waals surface area contributed by atoms with Gasteiger partial charge in [0, 0.05) is 31.1 Å². The number of hydrogen-bond acceptors (Lipinski definition) is 7. The second-order valence-corrected chi connectivity index (χ2v) is 10.1. The lowest BCUT2D eigenvalue weighted by Crippen LogP contribution is -2.50. The summed E-state index contributed by atoms with van der Waals surface area (Å²) in [4.78, 5) is 33.7. The second kappa shape index (κ2) is 9.58. The first-order valence-electron chi connectivity index (χ1n) is 11.8. The van der Waals surface area contributed by atoms with Crippen LogP contribution in [0.25, 0.3) is 10.4 Å². The van der Waals surface area contributed by atoms with Crippen LogP contribution >= 0.6 is 11.3 Å². The van der Waals surface area contributed by atoms with Crippen molar-refractivity contribution < 1.29 is 18.8 Å². The Labute approximate surface area is 202 Å². The molecule has 5 rings (SSSR count). The van der Waals surface area contributed by atoms with Gasteiger partial charge in [0.1, 0.15) is 5.69 Å². The van der Waals surface area contributed by atoms with Gasteiger partial charge in [-0.1, -0.05) is 35.0 Å². The van der Waals surface area contributed by atoms with Gasteiger partial charge in [0.2, 0.25) is 0 Å². The van der Waals surface area contributed by atoms with Crippen molar-refractivity contribution in [2.45, 2.75) is 57.9 Å². The number of aromatic nitrogens is 2. The highest BCUT2D eigenvalue weighted by Gasteiger charge is 2.34. The standard InChI is InChI=1S/C25H28N4O4S/c1-15-6-5-7-18(12-15)22-21(27-23(34-22)17-9-10-17)24(30)29-11-4-3-8-19(29)14-26-25(31)32-20-13-16(2)28-33-20/h5-7,12-13,17,19H,3-4,8-11,14H2,1-2H3,(H,26,31)/t19-/m0/s1. The molecule has 2 fully saturated rings. The smallest absolute Gasteiger partial charge is 0.374 e. The fraction of sp³-hybridized carbons (Fsp3) is 0.440. The van der Waals surface area contributed by atoms with Crippen LogP contribution in [0.1, 0.15) is 64.8 Å². The first-order chi connectivity index (χ1) is 16.5. The van der Waals surface area contributed by atoms with Gasteiger partial charge in [-0.2, -0.15) is 0 Å². The van der Waals surface area contributed by atoms with E-state index in [1.165, 1.54) is 0 Å². The average molecular weight is 481 g/mol. The number of thiazole rings is 1. The van der Waals surface area contributed by atoms with E-state index in [-0.39, 0.29) is 17.9 Å². The molecule has 1 aromatic carbocycles. The molecule has 1 saturated carbocycles. The number of carbonyl (C=O) groups is 2. The number of rotatable bonds is 6. The SMILES string of the molecule is Cc1cccc(-c2sc(C3CC3)nc2C(=O)N2CCCC[C@H]2CNC(=O)Oc2cc(C)no2)c1. The van der Waals surface area contributed by atoms with Crippen molar-refractivity contribution in [3.63, 3.8) is 0 Å². The zero-order chi connectivity index (χ0) is 23.7. The van der Waals surface area contributed by atoms with Gasteiger partial charge >= 0.3 is 12.0 Å². The number of nitrogens with one attached hydrogen (secondary N) is 1. The lowest BCUT2D eigenvalue weighted by atomic mass is 10.0. The summed E-state index contributed by atoms with van der Waals surface area (Å²) in [7, 11) is 0. The summed E-state index contributed by atoms with van der Waals surface area (Å²) in [5, 5.41) is 7.53. The van der Waals surface area contributed by atoms with Gasteiger partial charge in [-0.15, -0.1) is 11.3 Å². The Bertz CT molecular complexity index is 1200. The zero-order valence-electron chi connectivity index (χ0n) is 19.4. The van der Waals surface area contributed by atoms with E-state index in [0.29, 0.717) is 30.4 Å². The second-order valence-electron chi connectivity index (χ2n) is 9.08. The number of aryl methyl sites for hydroxylation is 2. The highest BCUT2D eigenvalue weighted by atomic mass is 32.1. The van der Waals surface area contributed by atoms with Crippen molar-refractivity contribution in [1.29, 1.82) is 0 Å². The molecule has 0 spiro atoms. The molecule has 8 nitrogen and oxygen atoms in total. The molecule has 0 bridgehead atoms. The fourth-order valence-electron chi connectivity index (χ4n) is 4.30. The minimum absolute atomic E-state index is 0.0458. The van der Waals surface area contributed by atoms with Crippen LogP contribution in [0.5, 0.6) is 5.95 Å². The van der Waals surface area contributed by atoms with E-state index in [2.05, 4.69) is 29.5 Å². The third-order valence-corrected chi connectivity index (χ3v) is 7.49. The average Bonchev–Trinajstić information content (AvgIpc) is 3.46. The van der Waals surface area contributed by atoms with Crippen LogP contribution in [-0.2, 0) is 0 Å². The van der Waals surface area contributed by atoms with Crippen molar-refractivity contribution in [1.82, 2.24) is 20.4 Å². The van der Waals surface area contributed by atoms with Crippen LogP contribution in [0, 0.1) is 13.8 Å². The van der Waals surface area contributed by atoms with Crippen molar-refractivity contribution in [3.05, 3.63) is 52.3 Å². The molecule has 1 atom stereocenters. The maximum absolute atomic E-state index is 13.8. The highest BCUT2D eigenvalue weighted by molar-refractivity contribution is 7.15. The van der Waals surface area contributed by atoms with E-state index in [4.69, 9.17) is 14.2 Å². The quantitative estimate of drug-likeness (QED) is 0.529. The van der Waals surface area contributed by atoms with Gasteiger partial charge in [-0.3, -0.25) is 4.79 Å². The summed E-state index contributed by atoms with van der Waals surface area (Å²) >= 11 is 1.64. The number of ether oxygens (including phenoxy) is 1. The Morgan fingerprint density at radius 2 is 2.06 bits per heavy atom. The van der Waals surface area contributed by atoms with Crippen LogP contribution < -0.4 is 10.1 Å². The monoisotopic (exact) mass is 480 g/mol. The normalized spacial score (nSPS) is 18.1. The number of likely N-dealkylation sites (tertiary alicyclic amines) is 1. The molecule has 1 N–H and O–H groups in total. The van der Waals surface area contributed by atoms with Crippen molar-refractivity contribution in [2.24, 2.45) is 0 Å². The molecule has 9 heteroatoms. The van der Waals surface area contributed by atoms with Gasteiger partial charge in [-0.05, 0) is 51.5 Å². The number of benzene rings is 1. The summed E-state index contributed by atoms with van der Waals surface area (Å²) in [6.07, 6.45) is 4.39. The number of nitrogens with zero attached hydrogens (tertiary/aromatic N) is 3. The summed E-state index contributed by atoms with van der Waals surface area (Å²) in [5.74, 6) is 0.457. The van der Waals surface area contributed by atoms with Crippen LogP contribution in [0.2, 0.25) is 0 Å². The summed E-state index contributed by atoms with van der Waals surface area (Å²) < 4.78 is 10.1. The third kappa shape index (κ3) is 4.99. The van der Waals surface area contributed by atoms with E-state index in [0.717, 1.165) is 53.1 Å². The van der Waals surface area contributed by atoms with Gasteiger partial charge in [0.15, 0.2) is 0 Å². The van der Waals surface area contributed by atoms with Crippen LogP contribution in [0.15, 0.2) is 34.9 Å². The van der Waals surface area contributed by atoms with E-state index < -0.39 is 6.09 Å². The maximum Gasteiger partial charge on any atom is 0.415 e. The minimum atomic E-state index is -0.626. The molecule has 34 heavy (non-hydrogen) atoms. The van der Waals surface area contributed by atoms with Crippen LogP contribution in [0.4, 0.5) is 4.79 Å². The first-order valence-corrected chi connectivity index (χ1v) is 12.6. The summed E-state index contributed by atoms with van der Waals surface area (Å²) in [6.45, 7) is 4.75. The summed E-state index contributed by atoms with van der Waals surface area (Å²) in [6, 6.07) is 9.65. The molecule has 1 saturated heterocycles. The lowest BCUT2D eigenvalue weighted by molar-refractivity contribution is 0.0606. The predicted octanol–water partition coefficient (Wildman–Crippen LogP) is 5.08. The molecule has 3 aromatic rings. The van der Waals surface area contributed by atoms with Crippen molar-refractivity contribution in [2.75, 3.05) is 13.1 Å². The number of amides is 2. The van der Waals surface area contributed by atoms with Gasteiger partial charge in [0.05, 0.1) is 15.6 Å². The molecule has 2 amide bonds. The molecule has 2 aromatic heterocycles. The van der Waals surface area contributed by atoms with E-state index in [1.807, 2.05) is 17.0 Å². The number of hydrogen-bond donors (Lipinski definition) is 1. The molecule has 0 radical (unpaired) electrons. The molecular weight excluding hydrogens is 452 g/mol. The topological polar surface area (TPSA) is 97.6 Å². The Morgan fingerprint density at radius 1 is 1.21 bits per heavy atom. The number of piperidine rings is 1. The highest BCUT2D eigenvalue weighted by Crippen LogP contribution is 2.45. The summed E-state index contributed by atoms with van der Waals surface area (Å²) in [5.41, 5.74) is 3.34. The van der Waals surface area contributed by atoms with Gasteiger partial charge in [-0.25, -0.2) is 9.78 Å². The lowest BCUT2D eigenvalue weighted by Gasteiger charge is -2.35. The Hall–Kier alpha value is -3.20. The predicted molar refractivity (Wildman–Crippen MR) is 128 cm³/mol. The zero-order valence-corrected chi connectivity index (χ0v) is 20.2. The molecule has 0 unspecified atom stereocenters. The number of carbonyl (C=O) groups excluding carboxylic acids is 2. The van der Waals surface area contributed by atoms with Crippen molar-refractivity contribution in [3.8, 4) is 16.4 Å². The van der Waals surface area contributed by atoms with E-state index >= 15 is 0 Å². The molecule has 1 aliphatic carbocycles. The van der Waals surface area contributed by atoms with E-state index in [9.17, 15) is 9.59 Å². The molecule has 3 heterocycles. The Kier molecular flexibility index (Phi) is 6.36. The van der Waals surface area contributed by atoms with Crippen LogP contribution in [0.3, 0.4) is 0 Å². The van der Waals surface area contributed by atoms with Gasteiger partial charge in [0.25, 0.3) is 5.91 Å². The Balaban J connectivity index is 1.33. The fourth-order valence-corrected chi connectivity index (χ4v) is 5.52. The maximum atomic E-state index is 13.8. The van der Waals surface area contributed by atoms with E-state index in [1.54, 1.807) is 24.3 Å². The largest absolute Gasteiger partial charge is 0.415 e. The molecular formula is C25H28N4O4S. The molecule has 1 aliphatic heterocycles. The molecule has 2 aliphatic rings. The minimum Gasteiger partial charge on any atom is -0.374 e. The van der Waals surface area contributed by atoms with Gasteiger partial charge < -0.3 is 19.5 Å².